The van der Waals surface area contributed by atoms with Gasteiger partial charge in [-0.1, -0.05) is 0 Å². The number of esters is 1. The Morgan fingerprint density at radius 3 is 2.41 bits per heavy atom. The van der Waals surface area contributed by atoms with Gasteiger partial charge in [0, 0.05) is 28.5 Å². The van der Waals surface area contributed by atoms with Gasteiger partial charge in [0.1, 0.15) is 27.7 Å². The van der Waals surface area contributed by atoms with Gasteiger partial charge >= 0.3 is 11.1 Å². The van der Waals surface area contributed by atoms with Crippen LogP contribution in [-0.4, -0.2) is 61.8 Å². The summed E-state index contributed by atoms with van der Waals surface area (Å²) in [5, 5.41) is 0.0991. The predicted octanol–water partition coefficient (Wildman–Crippen LogP) is 3.28. The van der Waals surface area contributed by atoms with Gasteiger partial charge in [0.05, 0.1) is 37.4 Å². The number of sulfone groups is 1. The number of rotatable bonds is 10. The van der Waals surface area contributed by atoms with E-state index in [9.17, 15) is 17.8 Å². The van der Waals surface area contributed by atoms with E-state index in [0.717, 1.165) is 11.1 Å². The number of hydrogen-bond acceptors (Lipinski definition) is 10. The zero-order chi connectivity index (χ0) is 28.3. The van der Waals surface area contributed by atoms with Crippen molar-refractivity contribution in [2.45, 2.75) is 34.5 Å². The summed E-state index contributed by atoms with van der Waals surface area (Å²) in [6, 6.07) is 8.68. The Bertz CT molecular complexity index is 1620. The molecular weight excluding hydrogens is 546 g/mol. The van der Waals surface area contributed by atoms with Crippen LogP contribution in [0.3, 0.4) is 0 Å². The molecule has 0 aliphatic carbocycles. The second-order valence-electron chi connectivity index (χ2n) is 8.41. The third-order valence-electron chi connectivity index (χ3n) is 5.99. The van der Waals surface area contributed by atoms with E-state index < -0.39 is 27.0 Å². The predicted molar refractivity (Wildman–Crippen MR) is 142 cm³/mol. The molecule has 1 atom stereocenters. The van der Waals surface area contributed by atoms with Crippen molar-refractivity contribution < 1.29 is 36.7 Å². The van der Waals surface area contributed by atoms with Crippen molar-refractivity contribution in [1.82, 2.24) is 15.0 Å². The number of benzene rings is 2. The maximum Gasteiger partial charge on any atom is 0.343 e. The van der Waals surface area contributed by atoms with Gasteiger partial charge in [-0.15, -0.1) is 0 Å². The number of ether oxygens (including phenoxy) is 4. The van der Waals surface area contributed by atoms with Crippen molar-refractivity contribution in [3.63, 3.8) is 0 Å². The monoisotopic (exact) mass is 573 g/mol. The number of aromatic nitrogens is 3. The van der Waals surface area contributed by atoms with Gasteiger partial charge in [0.15, 0.2) is 12.4 Å². The lowest BCUT2D eigenvalue weighted by atomic mass is 10.1. The molecule has 1 unspecified atom stereocenters. The van der Waals surface area contributed by atoms with Crippen LogP contribution in [0.2, 0.25) is 0 Å². The largest absolute Gasteiger partial charge is 0.609 e. The summed E-state index contributed by atoms with van der Waals surface area (Å²) in [5.74, 6) is 0.523. The molecule has 4 aromatic rings. The van der Waals surface area contributed by atoms with E-state index in [1.54, 1.807) is 19.4 Å². The number of carbonyl (C=O) groups is 1. The van der Waals surface area contributed by atoms with Crippen molar-refractivity contribution >= 4 is 38.0 Å². The lowest BCUT2D eigenvalue weighted by Crippen LogP contribution is -2.12. The minimum absolute atomic E-state index is 0.0454. The van der Waals surface area contributed by atoms with Crippen LogP contribution in [0.1, 0.15) is 16.8 Å². The number of hydrogen-bond donors (Lipinski definition) is 1. The second-order valence-corrected chi connectivity index (χ2v) is 11.7. The number of methoxy groups -OCH3 is 3. The molecule has 2 heterocycles. The number of H-pyrrole nitrogens is 1. The van der Waals surface area contributed by atoms with Gasteiger partial charge in [0.2, 0.25) is 9.84 Å². The van der Waals surface area contributed by atoms with Crippen LogP contribution in [0.15, 0.2) is 57.5 Å². The maximum atomic E-state index is 13.7. The van der Waals surface area contributed by atoms with Gasteiger partial charge in [0.25, 0.3) is 0 Å². The summed E-state index contributed by atoms with van der Waals surface area (Å²) < 4.78 is 61.4. The quantitative estimate of drug-likeness (QED) is 0.221. The fraction of sp³-hybridized carbons (Fsp3) is 0.269. The SMILES string of the molecule is COC(=O)COc1ccc(S(=O)(=O)c2c(OC)ccc3[nH]c([S+]([O-])Cc4ncc(C)c(OC)c4C)nc23)cc1. The molecule has 2 aromatic heterocycles. The van der Waals surface area contributed by atoms with E-state index in [2.05, 4.69) is 19.7 Å². The van der Waals surface area contributed by atoms with Gasteiger partial charge in [-0.05, 0) is 50.2 Å². The topological polar surface area (TPSA) is 153 Å². The normalized spacial score (nSPS) is 12.3. The van der Waals surface area contributed by atoms with E-state index in [4.69, 9.17) is 14.2 Å². The Morgan fingerprint density at radius 1 is 1.05 bits per heavy atom. The molecule has 1 N–H and O–H groups in total. The molecule has 0 amide bonds. The standard InChI is InChI=1S/C26H27N3O8S2/c1-15-12-27-20(16(2)24(15)36-5)14-38(31)26-28-19-10-11-21(34-3)25(23(19)29-26)39(32,33)18-8-6-17(7-9-18)37-13-22(30)35-4/h6-12H,13-14H2,1-5H3,(H,28,29). The van der Waals surface area contributed by atoms with Crippen LogP contribution >= 0.6 is 0 Å². The van der Waals surface area contributed by atoms with E-state index in [1.807, 2.05) is 13.8 Å². The molecule has 0 aliphatic heterocycles. The Balaban J connectivity index is 1.69. The maximum absolute atomic E-state index is 13.7. The molecule has 13 heteroatoms. The zero-order valence-corrected chi connectivity index (χ0v) is 23.6. The van der Waals surface area contributed by atoms with Crippen LogP contribution in [0, 0.1) is 13.8 Å². The summed E-state index contributed by atoms with van der Waals surface area (Å²) >= 11 is -1.67. The van der Waals surface area contributed by atoms with E-state index in [1.165, 1.54) is 44.6 Å². The first kappa shape index (κ1) is 28.2. The first-order valence-corrected chi connectivity index (χ1v) is 14.4. The van der Waals surface area contributed by atoms with Crippen molar-refractivity contribution in [2.75, 3.05) is 27.9 Å². The van der Waals surface area contributed by atoms with Crippen LogP contribution in [0.4, 0.5) is 0 Å². The zero-order valence-electron chi connectivity index (χ0n) is 21.9. The Labute approximate surface area is 228 Å². The molecule has 11 nitrogen and oxygen atoms in total. The number of nitrogens with zero attached hydrogens (tertiary/aromatic N) is 2. The molecule has 0 saturated carbocycles. The number of nitrogens with one attached hydrogen (secondary N) is 1. The molecule has 0 saturated heterocycles. The molecule has 4 rings (SSSR count). The molecule has 0 spiro atoms. The average Bonchev–Trinajstić information content (AvgIpc) is 3.37. The first-order valence-electron chi connectivity index (χ1n) is 11.6. The minimum Gasteiger partial charge on any atom is -0.609 e. The lowest BCUT2D eigenvalue weighted by molar-refractivity contribution is -0.142. The number of carbonyl (C=O) groups excluding carboxylic acids is 1. The van der Waals surface area contributed by atoms with Gasteiger partial charge < -0.3 is 23.5 Å². The second kappa shape index (κ2) is 11.5. The van der Waals surface area contributed by atoms with Crippen LogP contribution in [0.25, 0.3) is 11.0 Å². The fourth-order valence-electron chi connectivity index (χ4n) is 3.98. The third kappa shape index (κ3) is 5.65. The number of aromatic amines is 1. The molecule has 0 aliphatic rings. The Morgan fingerprint density at radius 2 is 1.77 bits per heavy atom. The smallest absolute Gasteiger partial charge is 0.343 e. The third-order valence-corrected chi connectivity index (χ3v) is 8.98. The summed E-state index contributed by atoms with van der Waals surface area (Å²) in [6.07, 6.45) is 1.65. The summed E-state index contributed by atoms with van der Waals surface area (Å²) in [5.41, 5.74) is 2.68. The van der Waals surface area contributed by atoms with Crippen LogP contribution < -0.4 is 14.2 Å². The lowest BCUT2D eigenvalue weighted by Gasteiger charge is -2.13. The molecular formula is C26H27N3O8S2. The highest BCUT2D eigenvalue weighted by Crippen LogP contribution is 2.36. The molecule has 0 radical (unpaired) electrons. The van der Waals surface area contributed by atoms with Crippen molar-refractivity contribution in [2.24, 2.45) is 0 Å². The summed E-state index contributed by atoms with van der Waals surface area (Å²) in [7, 11) is 0.0229. The van der Waals surface area contributed by atoms with Crippen molar-refractivity contribution in [3.8, 4) is 17.2 Å². The van der Waals surface area contributed by atoms with Crippen molar-refractivity contribution in [3.05, 3.63) is 59.4 Å². The molecule has 206 valence electrons. The highest BCUT2D eigenvalue weighted by molar-refractivity contribution is 7.92. The summed E-state index contributed by atoms with van der Waals surface area (Å²) in [4.78, 5) is 22.9. The van der Waals surface area contributed by atoms with Crippen LogP contribution in [-0.2, 0) is 36.3 Å². The van der Waals surface area contributed by atoms with Crippen molar-refractivity contribution in [1.29, 1.82) is 0 Å². The van der Waals surface area contributed by atoms with E-state index in [0.29, 0.717) is 22.7 Å². The Kier molecular flexibility index (Phi) is 8.33. The molecule has 0 fully saturated rings. The first-order chi connectivity index (χ1) is 18.6. The number of fused-ring (bicyclic) bond motifs is 1. The molecule has 0 bridgehead atoms. The van der Waals surface area contributed by atoms with Gasteiger partial charge in [-0.2, -0.15) is 4.98 Å². The van der Waals surface area contributed by atoms with Crippen LogP contribution in [0.5, 0.6) is 17.2 Å². The number of aryl methyl sites for hydroxylation is 1. The molecule has 2 aromatic carbocycles. The van der Waals surface area contributed by atoms with E-state index in [-0.39, 0.29) is 38.6 Å². The van der Waals surface area contributed by atoms with Gasteiger partial charge in [-0.3, -0.25) is 9.97 Å². The molecule has 39 heavy (non-hydrogen) atoms. The summed E-state index contributed by atoms with van der Waals surface area (Å²) in [6.45, 7) is 3.40. The van der Waals surface area contributed by atoms with Gasteiger partial charge in [-0.25, -0.2) is 13.2 Å². The highest BCUT2D eigenvalue weighted by Gasteiger charge is 2.30. The number of pyridine rings is 1. The van der Waals surface area contributed by atoms with E-state index >= 15 is 0 Å². The average molecular weight is 574 g/mol. The Hall–Kier alpha value is -3.81. The minimum atomic E-state index is -4.14. The number of imidazole rings is 1. The highest BCUT2D eigenvalue weighted by atomic mass is 32.2. The fourth-order valence-corrected chi connectivity index (χ4v) is 6.63.